The van der Waals surface area contributed by atoms with Crippen molar-refractivity contribution in [1.29, 1.82) is 0 Å². The minimum absolute atomic E-state index is 0.0462. The largest absolute Gasteiger partial charge is 0.307 e. The molecule has 150 valence electrons. The fourth-order valence-electron chi connectivity index (χ4n) is 3.48. The molecular formula is C22H22N2O3S2. The fraction of sp³-hybridized carbons (Fsp3) is 0.227. The first kappa shape index (κ1) is 19.7. The molecule has 0 aliphatic carbocycles. The summed E-state index contributed by atoms with van der Waals surface area (Å²) in [6.07, 6.45) is 1.76. The lowest BCUT2D eigenvalue weighted by molar-refractivity contribution is 0.0989. The highest BCUT2D eigenvalue weighted by atomic mass is 32.2. The van der Waals surface area contributed by atoms with Crippen molar-refractivity contribution in [2.45, 2.75) is 31.6 Å². The number of sulfonamides is 1. The van der Waals surface area contributed by atoms with Crippen LogP contribution in [0.1, 0.15) is 32.8 Å². The number of nitrogens with one attached hydrogen (secondary N) is 1. The Bertz CT molecular complexity index is 1170. The van der Waals surface area contributed by atoms with Crippen molar-refractivity contribution in [3.8, 4) is 0 Å². The van der Waals surface area contributed by atoms with Gasteiger partial charge in [0.2, 0.25) is 0 Å². The first-order chi connectivity index (χ1) is 13.8. The number of hydrogen-bond donors (Lipinski definition) is 1. The van der Waals surface area contributed by atoms with Crippen molar-refractivity contribution in [3.05, 3.63) is 75.5 Å². The van der Waals surface area contributed by atoms with Crippen LogP contribution >= 0.6 is 11.3 Å². The van der Waals surface area contributed by atoms with E-state index in [1.165, 1.54) is 11.3 Å². The maximum atomic E-state index is 12.9. The van der Waals surface area contributed by atoms with Crippen LogP contribution in [0, 0.1) is 13.8 Å². The molecule has 0 unspecified atom stereocenters. The molecule has 0 spiro atoms. The van der Waals surface area contributed by atoms with Crippen molar-refractivity contribution in [3.63, 3.8) is 0 Å². The summed E-state index contributed by atoms with van der Waals surface area (Å²) in [5.41, 5.74) is 4.24. The zero-order valence-electron chi connectivity index (χ0n) is 16.3. The molecule has 0 saturated carbocycles. The summed E-state index contributed by atoms with van der Waals surface area (Å²) in [4.78, 5) is 15.6. The Kier molecular flexibility index (Phi) is 5.19. The van der Waals surface area contributed by atoms with E-state index in [-0.39, 0.29) is 10.8 Å². The quantitative estimate of drug-likeness (QED) is 0.654. The van der Waals surface area contributed by atoms with Crippen LogP contribution in [-0.4, -0.2) is 20.9 Å². The van der Waals surface area contributed by atoms with Gasteiger partial charge < -0.3 is 4.90 Å². The second kappa shape index (κ2) is 7.65. The van der Waals surface area contributed by atoms with Crippen LogP contribution in [0.25, 0.3) is 0 Å². The van der Waals surface area contributed by atoms with Gasteiger partial charge >= 0.3 is 0 Å². The van der Waals surface area contributed by atoms with Crippen LogP contribution in [0.2, 0.25) is 0 Å². The van der Waals surface area contributed by atoms with E-state index in [0.717, 1.165) is 35.2 Å². The molecule has 0 atom stereocenters. The average molecular weight is 427 g/mol. The first-order valence-corrected chi connectivity index (χ1v) is 11.8. The SMILES string of the molecule is Cc1ccc(S(=O)(=O)Nc2ccc3c(c2)N(C(=O)c2cccs2)CCC3)cc1C. The van der Waals surface area contributed by atoms with Crippen molar-refractivity contribution in [2.24, 2.45) is 0 Å². The van der Waals surface area contributed by atoms with E-state index in [1.54, 1.807) is 35.2 Å². The lowest BCUT2D eigenvalue weighted by atomic mass is 10.0. The molecule has 1 aromatic heterocycles. The average Bonchev–Trinajstić information content (AvgIpc) is 3.23. The Balaban J connectivity index is 1.65. The van der Waals surface area contributed by atoms with E-state index in [2.05, 4.69) is 4.72 Å². The molecule has 1 aliphatic heterocycles. The maximum Gasteiger partial charge on any atom is 0.268 e. The number of aryl methyl sites for hydroxylation is 3. The van der Waals surface area contributed by atoms with Crippen LogP contribution in [-0.2, 0) is 16.4 Å². The van der Waals surface area contributed by atoms with Crippen LogP contribution in [0.15, 0.2) is 58.8 Å². The van der Waals surface area contributed by atoms with Crippen molar-refractivity contribution in [2.75, 3.05) is 16.2 Å². The Morgan fingerprint density at radius 3 is 2.62 bits per heavy atom. The minimum atomic E-state index is -3.71. The van der Waals surface area contributed by atoms with Gasteiger partial charge in [-0.25, -0.2) is 8.42 Å². The lowest BCUT2D eigenvalue weighted by Gasteiger charge is -2.29. The molecule has 0 bridgehead atoms. The van der Waals surface area contributed by atoms with Gasteiger partial charge in [-0.2, -0.15) is 0 Å². The van der Waals surface area contributed by atoms with Gasteiger partial charge in [0.15, 0.2) is 0 Å². The number of hydrogen-bond acceptors (Lipinski definition) is 4. The Morgan fingerprint density at radius 2 is 1.90 bits per heavy atom. The summed E-state index contributed by atoms with van der Waals surface area (Å²) in [5, 5.41) is 1.88. The summed E-state index contributed by atoms with van der Waals surface area (Å²) < 4.78 is 28.4. The molecule has 1 N–H and O–H groups in total. The van der Waals surface area contributed by atoms with E-state index < -0.39 is 10.0 Å². The number of carbonyl (C=O) groups excluding carboxylic acids is 1. The highest BCUT2D eigenvalue weighted by Crippen LogP contribution is 2.32. The smallest absolute Gasteiger partial charge is 0.268 e. The van der Waals surface area contributed by atoms with Crippen LogP contribution in [0.3, 0.4) is 0 Å². The summed E-state index contributed by atoms with van der Waals surface area (Å²) in [6, 6.07) is 14.2. The van der Waals surface area contributed by atoms with E-state index in [0.29, 0.717) is 17.1 Å². The summed E-state index contributed by atoms with van der Waals surface area (Å²) in [5.74, 6) is -0.0462. The van der Waals surface area contributed by atoms with Gasteiger partial charge in [-0.15, -0.1) is 11.3 Å². The Morgan fingerprint density at radius 1 is 1.07 bits per heavy atom. The van der Waals surface area contributed by atoms with E-state index in [9.17, 15) is 13.2 Å². The van der Waals surface area contributed by atoms with Gasteiger partial charge in [-0.1, -0.05) is 18.2 Å². The topological polar surface area (TPSA) is 66.5 Å². The predicted molar refractivity (Wildman–Crippen MR) is 117 cm³/mol. The van der Waals surface area contributed by atoms with Crippen LogP contribution < -0.4 is 9.62 Å². The summed E-state index contributed by atoms with van der Waals surface area (Å²) in [7, 11) is -3.71. The first-order valence-electron chi connectivity index (χ1n) is 9.43. The molecule has 7 heteroatoms. The second-order valence-corrected chi connectivity index (χ2v) is 9.86. The Hall–Kier alpha value is -2.64. The maximum absolute atomic E-state index is 12.9. The van der Waals surface area contributed by atoms with Crippen LogP contribution in [0.5, 0.6) is 0 Å². The zero-order chi connectivity index (χ0) is 20.6. The number of rotatable bonds is 4. The molecule has 3 aromatic rings. The lowest BCUT2D eigenvalue weighted by Crippen LogP contribution is -2.35. The van der Waals surface area contributed by atoms with Gasteiger partial charge in [-0.05, 0) is 79.1 Å². The molecular weight excluding hydrogens is 404 g/mol. The number of nitrogens with zero attached hydrogens (tertiary/aromatic N) is 1. The number of fused-ring (bicyclic) bond motifs is 1. The summed E-state index contributed by atoms with van der Waals surface area (Å²) >= 11 is 1.41. The Labute approximate surface area is 175 Å². The standard InChI is InChI=1S/C22H22N2O3S2/c1-15-7-10-19(13-16(15)2)29(26,27)23-18-9-8-17-5-3-11-24(20(17)14-18)22(25)21-6-4-12-28-21/h4,6-10,12-14,23H,3,5,11H2,1-2H3. The third-order valence-corrected chi connectivity index (χ3v) is 7.46. The molecule has 0 fully saturated rings. The van der Waals surface area contributed by atoms with Crippen molar-refractivity contribution >= 4 is 38.6 Å². The highest BCUT2D eigenvalue weighted by molar-refractivity contribution is 7.92. The van der Waals surface area contributed by atoms with E-state index >= 15 is 0 Å². The molecule has 5 nitrogen and oxygen atoms in total. The normalized spacial score (nSPS) is 13.8. The van der Waals surface area contributed by atoms with Crippen LogP contribution in [0.4, 0.5) is 11.4 Å². The number of anilines is 2. The molecule has 2 aromatic carbocycles. The predicted octanol–water partition coefficient (Wildman–Crippen LogP) is 4.76. The molecule has 29 heavy (non-hydrogen) atoms. The van der Waals surface area contributed by atoms with Gasteiger partial charge in [-0.3, -0.25) is 9.52 Å². The molecule has 1 aliphatic rings. The number of amides is 1. The minimum Gasteiger partial charge on any atom is -0.307 e. The van der Waals surface area contributed by atoms with Gasteiger partial charge in [0.1, 0.15) is 0 Å². The third kappa shape index (κ3) is 3.93. The van der Waals surface area contributed by atoms with E-state index in [1.807, 2.05) is 37.4 Å². The van der Waals surface area contributed by atoms with Gasteiger partial charge in [0.05, 0.1) is 15.5 Å². The molecule has 4 rings (SSSR count). The van der Waals surface area contributed by atoms with Crippen molar-refractivity contribution < 1.29 is 13.2 Å². The molecule has 1 amide bonds. The highest BCUT2D eigenvalue weighted by Gasteiger charge is 2.25. The number of thiophene rings is 1. The molecule has 2 heterocycles. The number of carbonyl (C=O) groups is 1. The fourth-order valence-corrected chi connectivity index (χ4v) is 5.28. The zero-order valence-corrected chi connectivity index (χ0v) is 17.9. The van der Waals surface area contributed by atoms with Gasteiger partial charge in [0.25, 0.3) is 15.9 Å². The monoisotopic (exact) mass is 426 g/mol. The van der Waals surface area contributed by atoms with E-state index in [4.69, 9.17) is 0 Å². The van der Waals surface area contributed by atoms with Gasteiger partial charge in [0, 0.05) is 12.2 Å². The van der Waals surface area contributed by atoms with Crippen molar-refractivity contribution in [1.82, 2.24) is 0 Å². The third-order valence-electron chi connectivity index (χ3n) is 5.22. The molecule has 0 saturated heterocycles. The number of benzene rings is 2. The summed E-state index contributed by atoms with van der Waals surface area (Å²) in [6.45, 7) is 4.46. The molecule has 0 radical (unpaired) electrons. The second-order valence-electron chi connectivity index (χ2n) is 7.23.